The van der Waals surface area contributed by atoms with E-state index in [-0.39, 0.29) is 11.6 Å². The van der Waals surface area contributed by atoms with Gasteiger partial charge in [0.25, 0.3) is 5.91 Å². The van der Waals surface area contributed by atoms with Crippen molar-refractivity contribution in [3.63, 3.8) is 0 Å². The van der Waals surface area contributed by atoms with Gasteiger partial charge in [0.1, 0.15) is 0 Å². The predicted molar refractivity (Wildman–Crippen MR) is 108 cm³/mol. The molecule has 6 nitrogen and oxygen atoms in total. The van der Waals surface area contributed by atoms with Crippen molar-refractivity contribution in [3.05, 3.63) is 40.5 Å². The zero-order valence-electron chi connectivity index (χ0n) is 16.6. The van der Waals surface area contributed by atoms with Gasteiger partial charge in [0.15, 0.2) is 6.61 Å². The van der Waals surface area contributed by atoms with Crippen LogP contribution in [0.4, 0.5) is 24.8 Å². The monoisotopic (exact) mass is 442 g/mol. The van der Waals surface area contributed by atoms with E-state index in [1.54, 1.807) is 13.0 Å². The Bertz CT molecular complexity index is 915. The van der Waals surface area contributed by atoms with Crippen molar-refractivity contribution in [3.8, 4) is 5.88 Å². The number of aromatic nitrogens is 2. The van der Waals surface area contributed by atoms with E-state index in [1.165, 1.54) is 6.07 Å². The summed E-state index contributed by atoms with van der Waals surface area (Å²) in [4.78, 5) is 23.0. The van der Waals surface area contributed by atoms with Gasteiger partial charge in [-0.2, -0.15) is 18.2 Å². The molecule has 0 bridgehead atoms. The first-order valence-electron chi connectivity index (χ1n) is 9.52. The number of halogens is 4. The lowest BCUT2D eigenvalue weighted by molar-refractivity contribution is -0.137. The van der Waals surface area contributed by atoms with Crippen molar-refractivity contribution in [1.82, 2.24) is 9.97 Å². The molecule has 2 heterocycles. The molecule has 0 atom stereocenters. The number of nitrogens with one attached hydrogen (secondary N) is 1. The molecule has 1 aromatic heterocycles. The molecule has 0 unspecified atom stereocenters. The lowest BCUT2D eigenvalue weighted by Crippen LogP contribution is -2.34. The Morgan fingerprint density at radius 2 is 1.97 bits per heavy atom. The number of ether oxygens (including phenoxy) is 1. The van der Waals surface area contributed by atoms with Gasteiger partial charge in [-0.3, -0.25) is 4.79 Å². The molecule has 1 saturated heterocycles. The molecule has 0 radical (unpaired) electrons. The maximum atomic E-state index is 12.9. The highest BCUT2D eigenvalue weighted by molar-refractivity contribution is 6.31. The van der Waals surface area contributed by atoms with Crippen molar-refractivity contribution in [2.75, 3.05) is 29.9 Å². The molecule has 30 heavy (non-hydrogen) atoms. The maximum Gasteiger partial charge on any atom is 0.417 e. The summed E-state index contributed by atoms with van der Waals surface area (Å²) < 4.78 is 44.3. The molecule has 1 aliphatic rings. The highest BCUT2D eigenvalue weighted by Crippen LogP contribution is 2.36. The molecule has 162 valence electrons. The van der Waals surface area contributed by atoms with E-state index in [1.807, 2.05) is 0 Å². The van der Waals surface area contributed by atoms with Gasteiger partial charge in [-0.15, -0.1) is 0 Å². The lowest BCUT2D eigenvalue weighted by atomic mass is 10.00. The fourth-order valence-electron chi connectivity index (χ4n) is 3.11. The number of hydrogen-bond donors (Lipinski definition) is 1. The molecule has 1 N–H and O–H groups in total. The Labute approximate surface area is 177 Å². The second kappa shape index (κ2) is 9.07. The second-order valence-corrected chi connectivity index (χ2v) is 7.75. The molecule has 3 rings (SSSR count). The van der Waals surface area contributed by atoms with Gasteiger partial charge in [0, 0.05) is 30.5 Å². The molecule has 1 amide bonds. The molecule has 1 aliphatic heterocycles. The average Bonchev–Trinajstić information content (AvgIpc) is 2.67. The average molecular weight is 443 g/mol. The minimum absolute atomic E-state index is 0.0256. The van der Waals surface area contributed by atoms with Crippen LogP contribution in [0.3, 0.4) is 0 Å². The van der Waals surface area contributed by atoms with E-state index < -0.39 is 29.3 Å². The van der Waals surface area contributed by atoms with Crippen LogP contribution < -0.4 is 15.0 Å². The van der Waals surface area contributed by atoms with Crippen molar-refractivity contribution < 1.29 is 22.7 Å². The lowest BCUT2D eigenvalue weighted by Gasteiger charge is -2.30. The van der Waals surface area contributed by atoms with Gasteiger partial charge < -0.3 is 15.0 Å². The van der Waals surface area contributed by atoms with Crippen LogP contribution in [0.2, 0.25) is 5.02 Å². The molecule has 2 aromatic rings. The van der Waals surface area contributed by atoms with Crippen LogP contribution in [0.5, 0.6) is 5.88 Å². The number of amides is 1. The Kier molecular flexibility index (Phi) is 6.70. The number of anilines is 2. The first-order chi connectivity index (χ1) is 14.1. The SMILES string of the molecule is Cc1cc(OCC(=O)Nc2ccc(Cl)c(C(F)(F)F)c2)nc(N2CCC(C)CC2)n1. The molecule has 1 fully saturated rings. The summed E-state index contributed by atoms with van der Waals surface area (Å²) in [5.74, 6) is 0.828. The van der Waals surface area contributed by atoms with Gasteiger partial charge in [-0.1, -0.05) is 18.5 Å². The van der Waals surface area contributed by atoms with Gasteiger partial charge in [0.05, 0.1) is 10.6 Å². The summed E-state index contributed by atoms with van der Waals surface area (Å²) in [5.41, 5.74) is -0.348. The number of carbonyl (C=O) groups excluding carboxylic acids is 1. The third-order valence-electron chi connectivity index (χ3n) is 4.79. The minimum Gasteiger partial charge on any atom is -0.467 e. The highest BCUT2D eigenvalue weighted by atomic mass is 35.5. The van der Waals surface area contributed by atoms with Gasteiger partial charge in [-0.25, -0.2) is 4.98 Å². The number of piperidine rings is 1. The number of nitrogens with zero attached hydrogens (tertiary/aromatic N) is 3. The quantitative estimate of drug-likeness (QED) is 0.726. The molecule has 1 aromatic carbocycles. The molecule has 0 aliphatic carbocycles. The number of aryl methyl sites for hydroxylation is 1. The molecule has 0 saturated carbocycles. The van der Waals surface area contributed by atoms with Crippen LogP contribution in [0.25, 0.3) is 0 Å². The Balaban J connectivity index is 1.62. The number of hydrogen-bond acceptors (Lipinski definition) is 5. The van der Waals surface area contributed by atoms with E-state index in [0.717, 1.165) is 38.1 Å². The zero-order chi connectivity index (χ0) is 21.9. The molecule has 0 spiro atoms. The van der Waals surface area contributed by atoms with E-state index >= 15 is 0 Å². The van der Waals surface area contributed by atoms with Crippen LogP contribution in [-0.2, 0) is 11.0 Å². The number of rotatable bonds is 5. The van der Waals surface area contributed by atoms with Gasteiger partial charge in [0.2, 0.25) is 11.8 Å². The van der Waals surface area contributed by atoms with Crippen molar-refractivity contribution in [2.24, 2.45) is 5.92 Å². The number of benzene rings is 1. The van der Waals surface area contributed by atoms with E-state index in [2.05, 4.69) is 27.1 Å². The second-order valence-electron chi connectivity index (χ2n) is 7.35. The Hall–Kier alpha value is -2.55. The zero-order valence-corrected chi connectivity index (χ0v) is 17.3. The summed E-state index contributed by atoms with van der Waals surface area (Å²) in [6.45, 7) is 5.30. The molecular weight excluding hydrogens is 421 g/mol. The number of alkyl halides is 3. The van der Waals surface area contributed by atoms with Crippen LogP contribution in [0.1, 0.15) is 31.0 Å². The van der Waals surface area contributed by atoms with Crippen LogP contribution >= 0.6 is 11.6 Å². The van der Waals surface area contributed by atoms with Gasteiger partial charge in [-0.05, 0) is 43.9 Å². The summed E-state index contributed by atoms with van der Waals surface area (Å²) in [7, 11) is 0. The maximum absolute atomic E-state index is 12.9. The summed E-state index contributed by atoms with van der Waals surface area (Å²) in [5, 5.41) is 1.94. The topological polar surface area (TPSA) is 67.3 Å². The largest absolute Gasteiger partial charge is 0.467 e. The third kappa shape index (κ3) is 5.75. The minimum atomic E-state index is -4.62. The summed E-state index contributed by atoms with van der Waals surface area (Å²) >= 11 is 5.58. The molecular formula is C20H22ClF3N4O2. The van der Waals surface area contributed by atoms with E-state index in [0.29, 0.717) is 17.6 Å². The fourth-order valence-corrected chi connectivity index (χ4v) is 3.33. The Morgan fingerprint density at radius 3 is 2.63 bits per heavy atom. The van der Waals surface area contributed by atoms with Crippen LogP contribution in [0, 0.1) is 12.8 Å². The van der Waals surface area contributed by atoms with Crippen molar-refractivity contribution >= 4 is 29.1 Å². The van der Waals surface area contributed by atoms with Crippen molar-refractivity contribution in [1.29, 1.82) is 0 Å². The van der Waals surface area contributed by atoms with E-state index in [9.17, 15) is 18.0 Å². The standard InChI is InChI=1S/C20H22ClF3N4O2/c1-12-5-7-28(8-6-12)19-25-13(2)9-18(27-19)30-11-17(29)26-14-3-4-16(21)15(10-14)20(22,23)24/h3-4,9-10,12H,5-8,11H2,1-2H3,(H,26,29). The first-order valence-corrected chi connectivity index (χ1v) is 9.89. The highest BCUT2D eigenvalue weighted by Gasteiger charge is 2.33. The first kappa shape index (κ1) is 22.1. The van der Waals surface area contributed by atoms with Crippen molar-refractivity contribution in [2.45, 2.75) is 32.9 Å². The normalized spacial score (nSPS) is 15.2. The number of carbonyl (C=O) groups is 1. The van der Waals surface area contributed by atoms with Crippen LogP contribution in [-0.4, -0.2) is 35.6 Å². The summed E-state index contributed by atoms with van der Waals surface area (Å²) in [6, 6.07) is 4.76. The smallest absolute Gasteiger partial charge is 0.417 e. The molecule has 10 heteroatoms. The summed E-state index contributed by atoms with van der Waals surface area (Å²) in [6.07, 6.45) is -2.51. The van der Waals surface area contributed by atoms with Crippen LogP contribution in [0.15, 0.2) is 24.3 Å². The third-order valence-corrected chi connectivity index (χ3v) is 5.12. The van der Waals surface area contributed by atoms with Gasteiger partial charge >= 0.3 is 6.18 Å². The Morgan fingerprint density at radius 1 is 1.27 bits per heavy atom. The van der Waals surface area contributed by atoms with E-state index in [4.69, 9.17) is 16.3 Å². The fraction of sp³-hybridized carbons (Fsp3) is 0.450. The predicted octanol–water partition coefficient (Wildman–Crippen LogP) is 4.71.